The highest BCUT2D eigenvalue weighted by Gasteiger charge is 2.17. The second-order valence-electron chi connectivity index (χ2n) is 5.22. The predicted molar refractivity (Wildman–Crippen MR) is 77.1 cm³/mol. The summed E-state index contributed by atoms with van der Waals surface area (Å²) in [6, 6.07) is 0. The number of ether oxygens (including phenoxy) is 4. The fraction of sp³-hybridized carbons (Fsp3) is 0.625. The number of carbonyl (C=O) groups is 2. The molecule has 0 fully saturated rings. The van der Waals surface area contributed by atoms with Gasteiger partial charge in [0, 0.05) is 25.7 Å². The molecular weight excluding hydrogens is 288 g/mol. The van der Waals surface area contributed by atoms with Gasteiger partial charge in [0.1, 0.15) is 0 Å². The summed E-state index contributed by atoms with van der Waals surface area (Å²) in [5, 5.41) is 0. The standard InChI is InChI=1S/C16H22O6/c17-13(21-15-9-3-5-11-19-15)7-1-2-8-14(18)22-16-10-4-6-12-20-16/h5-6,11-12,15-16H,1-4,7-10H2. The Kier molecular flexibility index (Phi) is 6.80. The Labute approximate surface area is 130 Å². The van der Waals surface area contributed by atoms with E-state index >= 15 is 0 Å². The minimum Gasteiger partial charge on any atom is -0.463 e. The second kappa shape index (κ2) is 9.12. The summed E-state index contributed by atoms with van der Waals surface area (Å²) in [5.74, 6) is -0.594. The van der Waals surface area contributed by atoms with E-state index < -0.39 is 12.6 Å². The summed E-state index contributed by atoms with van der Waals surface area (Å²) < 4.78 is 20.6. The number of rotatable bonds is 7. The molecule has 0 bridgehead atoms. The molecule has 0 N–H and O–H groups in total. The van der Waals surface area contributed by atoms with Crippen LogP contribution in [-0.4, -0.2) is 24.5 Å². The van der Waals surface area contributed by atoms with Crippen LogP contribution in [0.25, 0.3) is 0 Å². The second-order valence-corrected chi connectivity index (χ2v) is 5.22. The number of carbonyl (C=O) groups excluding carboxylic acids is 2. The molecule has 0 aromatic heterocycles. The van der Waals surface area contributed by atoms with Crippen molar-refractivity contribution in [3.8, 4) is 0 Å². The summed E-state index contributed by atoms with van der Waals surface area (Å²) in [6.07, 6.45) is 10.7. The molecule has 0 aromatic rings. The molecule has 2 unspecified atom stereocenters. The van der Waals surface area contributed by atoms with Crippen molar-refractivity contribution in [1.29, 1.82) is 0 Å². The van der Waals surface area contributed by atoms with Crippen molar-refractivity contribution in [3.05, 3.63) is 24.7 Å². The largest absolute Gasteiger partial charge is 0.463 e. The fourth-order valence-corrected chi connectivity index (χ4v) is 2.15. The first-order valence-corrected chi connectivity index (χ1v) is 7.74. The molecule has 2 aliphatic heterocycles. The van der Waals surface area contributed by atoms with Crippen LogP contribution in [0.1, 0.15) is 51.4 Å². The Bertz CT molecular complexity index is 388. The van der Waals surface area contributed by atoms with E-state index in [0.29, 0.717) is 25.7 Å². The SMILES string of the molecule is O=C(CCCCC(=O)OC1CCC=CO1)OC1CCC=CO1. The Hall–Kier alpha value is -1.98. The average Bonchev–Trinajstić information content (AvgIpc) is 2.53. The quantitative estimate of drug-likeness (QED) is 0.532. The lowest BCUT2D eigenvalue weighted by molar-refractivity contribution is -0.173. The maximum absolute atomic E-state index is 11.6. The molecule has 0 spiro atoms. The van der Waals surface area contributed by atoms with Crippen molar-refractivity contribution in [2.24, 2.45) is 0 Å². The van der Waals surface area contributed by atoms with Gasteiger partial charge in [-0.25, -0.2) is 0 Å². The molecule has 6 heteroatoms. The van der Waals surface area contributed by atoms with Gasteiger partial charge in [0.15, 0.2) is 0 Å². The number of hydrogen-bond donors (Lipinski definition) is 0. The minimum absolute atomic E-state index is 0.277. The zero-order valence-electron chi connectivity index (χ0n) is 12.6. The van der Waals surface area contributed by atoms with Crippen LogP contribution in [0.3, 0.4) is 0 Å². The van der Waals surface area contributed by atoms with Crippen molar-refractivity contribution >= 4 is 11.9 Å². The van der Waals surface area contributed by atoms with Crippen LogP contribution >= 0.6 is 0 Å². The van der Waals surface area contributed by atoms with Gasteiger partial charge in [-0.15, -0.1) is 0 Å². The monoisotopic (exact) mass is 310 g/mol. The number of unbranched alkanes of at least 4 members (excludes halogenated alkanes) is 1. The van der Waals surface area contributed by atoms with Gasteiger partial charge in [0.25, 0.3) is 0 Å². The fourth-order valence-electron chi connectivity index (χ4n) is 2.15. The minimum atomic E-state index is -0.473. The van der Waals surface area contributed by atoms with E-state index in [2.05, 4.69) is 0 Å². The average molecular weight is 310 g/mol. The summed E-state index contributed by atoms with van der Waals surface area (Å²) in [7, 11) is 0. The van der Waals surface area contributed by atoms with E-state index in [0.717, 1.165) is 12.8 Å². The normalized spacial score (nSPS) is 23.3. The summed E-state index contributed by atoms with van der Waals surface area (Å²) in [6.45, 7) is 0. The van der Waals surface area contributed by atoms with Crippen LogP contribution < -0.4 is 0 Å². The van der Waals surface area contributed by atoms with Crippen molar-refractivity contribution in [2.45, 2.75) is 63.9 Å². The Morgan fingerprint density at radius 2 is 1.32 bits per heavy atom. The first-order chi connectivity index (χ1) is 10.7. The molecule has 2 atom stereocenters. The van der Waals surface area contributed by atoms with E-state index in [1.165, 1.54) is 0 Å². The zero-order chi connectivity index (χ0) is 15.6. The van der Waals surface area contributed by atoms with E-state index in [4.69, 9.17) is 18.9 Å². The summed E-state index contributed by atoms with van der Waals surface area (Å²) in [5.41, 5.74) is 0. The van der Waals surface area contributed by atoms with Crippen molar-refractivity contribution in [2.75, 3.05) is 0 Å². The summed E-state index contributed by atoms with van der Waals surface area (Å²) >= 11 is 0. The molecule has 0 saturated heterocycles. The molecule has 2 heterocycles. The lowest BCUT2D eigenvalue weighted by atomic mass is 10.2. The van der Waals surface area contributed by atoms with Crippen molar-refractivity contribution < 1.29 is 28.5 Å². The number of esters is 2. The topological polar surface area (TPSA) is 71.1 Å². The number of allylic oxidation sites excluding steroid dienone is 2. The van der Waals surface area contributed by atoms with Gasteiger partial charge < -0.3 is 18.9 Å². The lowest BCUT2D eigenvalue weighted by Gasteiger charge is -2.19. The van der Waals surface area contributed by atoms with Crippen LogP contribution in [0.5, 0.6) is 0 Å². The zero-order valence-corrected chi connectivity index (χ0v) is 12.6. The van der Waals surface area contributed by atoms with E-state index in [1.807, 2.05) is 12.2 Å². The molecule has 0 aliphatic carbocycles. The van der Waals surface area contributed by atoms with Crippen LogP contribution in [0.4, 0.5) is 0 Å². The predicted octanol–water partition coefficient (Wildman–Crippen LogP) is 2.93. The summed E-state index contributed by atoms with van der Waals surface area (Å²) in [4.78, 5) is 23.2. The smallest absolute Gasteiger partial charge is 0.308 e. The Morgan fingerprint density at radius 3 is 1.68 bits per heavy atom. The third kappa shape index (κ3) is 6.20. The third-order valence-corrected chi connectivity index (χ3v) is 3.33. The molecule has 2 aliphatic rings. The van der Waals surface area contributed by atoms with E-state index in [-0.39, 0.29) is 24.8 Å². The molecule has 122 valence electrons. The van der Waals surface area contributed by atoms with Crippen LogP contribution in [0, 0.1) is 0 Å². The van der Waals surface area contributed by atoms with Crippen LogP contribution in [0.2, 0.25) is 0 Å². The molecule has 6 nitrogen and oxygen atoms in total. The Balaban J connectivity index is 1.50. The van der Waals surface area contributed by atoms with Crippen molar-refractivity contribution in [1.82, 2.24) is 0 Å². The lowest BCUT2D eigenvalue weighted by Crippen LogP contribution is -2.21. The van der Waals surface area contributed by atoms with Gasteiger partial charge in [-0.05, 0) is 37.8 Å². The van der Waals surface area contributed by atoms with Gasteiger partial charge >= 0.3 is 11.9 Å². The molecule has 0 aromatic carbocycles. The molecule has 0 saturated carbocycles. The molecule has 22 heavy (non-hydrogen) atoms. The first kappa shape index (κ1) is 16.4. The molecule has 2 rings (SSSR count). The van der Waals surface area contributed by atoms with Crippen LogP contribution in [0.15, 0.2) is 24.7 Å². The third-order valence-electron chi connectivity index (χ3n) is 3.33. The molecule has 0 amide bonds. The van der Waals surface area contributed by atoms with Gasteiger partial charge in [-0.2, -0.15) is 0 Å². The van der Waals surface area contributed by atoms with Crippen LogP contribution in [-0.2, 0) is 28.5 Å². The van der Waals surface area contributed by atoms with Gasteiger partial charge in [0.2, 0.25) is 12.6 Å². The highest BCUT2D eigenvalue weighted by atomic mass is 16.7. The molecule has 0 radical (unpaired) electrons. The Morgan fingerprint density at radius 1 is 0.864 bits per heavy atom. The van der Waals surface area contributed by atoms with Gasteiger partial charge in [-0.3, -0.25) is 9.59 Å². The highest BCUT2D eigenvalue weighted by molar-refractivity contribution is 5.70. The maximum atomic E-state index is 11.6. The first-order valence-electron chi connectivity index (χ1n) is 7.74. The van der Waals surface area contributed by atoms with Crippen molar-refractivity contribution in [3.63, 3.8) is 0 Å². The number of hydrogen-bond acceptors (Lipinski definition) is 6. The van der Waals surface area contributed by atoms with Gasteiger partial charge in [0.05, 0.1) is 12.5 Å². The highest BCUT2D eigenvalue weighted by Crippen LogP contribution is 2.15. The van der Waals surface area contributed by atoms with Gasteiger partial charge in [-0.1, -0.05) is 0 Å². The molecular formula is C16H22O6. The maximum Gasteiger partial charge on any atom is 0.308 e. The van der Waals surface area contributed by atoms with E-state index in [9.17, 15) is 9.59 Å². The van der Waals surface area contributed by atoms with E-state index in [1.54, 1.807) is 12.5 Å².